The van der Waals surface area contributed by atoms with Crippen LogP contribution in [0.4, 0.5) is 13.2 Å². The molecule has 2 aromatic rings. The Hall–Kier alpha value is -3.56. The quantitative estimate of drug-likeness (QED) is 0.111. The molecule has 276 valence electrons. The number of aliphatic hydroxyl groups is 1. The zero-order valence-electron chi connectivity index (χ0n) is 29.3. The molecule has 0 saturated carbocycles. The number of esters is 2. The zero-order chi connectivity index (χ0) is 37.1. The van der Waals surface area contributed by atoms with E-state index in [0.29, 0.717) is 42.8 Å². The molecule has 0 fully saturated rings. The summed E-state index contributed by atoms with van der Waals surface area (Å²) in [4.78, 5) is 33.9. The van der Waals surface area contributed by atoms with E-state index in [-0.39, 0.29) is 18.4 Å². The molecule has 1 aliphatic rings. The number of hydrogen-bond acceptors (Lipinski definition) is 10. The van der Waals surface area contributed by atoms with Crippen molar-refractivity contribution in [3.63, 3.8) is 0 Å². The van der Waals surface area contributed by atoms with Gasteiger partial charge in [-0.05, 0) is 52.2 Å². The summed E-state index contributed by atoms with van der Waals surface area (Å²) in [6.45, 7) is 9.85. The number of rotatable bonds is 15. The summed E-state index contributed by atoms with van der Waals surface area (Å²) in [6.07, 6.45) is 3.72. The molecule has 0 bridgehead atoms. The first-order chi connectivity index (χ1) is 23.1. The van der Waals surface area contributed by atoms with E-state index in [0.717, 1.165) is 49.7 Å². The van der Waals surface area contributed by atoms with Gasteiger partial charge in [0.2, 0.25) is 0 Å². The second-order valence-electron chi connectivity index (χ2n) is 12.6. The number of likely N-dealkylation sites (N-methyl/N-ethyl adjacent to an activating group) is 1. The van der Waals surface area contributed by atoms with E-state index in [1.165, 1.54) is 24.6 Å². The van der Waals surface area contributed by atoms with Crippen molar-refractivity contribution in [2.45, 2.75) is 103 Å². The van der Waals surface area contributed by atoms with Crippen LogP contribution in [0.3, 0.4) is 0 Å². The van der Waals surface area contributed by atoms with Crippen LogP contribution in [0.1, 0.15) is 103 Å². The lowest BCUT2D eigenvalue weighted by atomic mass is 10.0. The van der Waals surface area contributed by atoms with E-state index >= 15 is 0 Å². The van der Waals surface area contributed by atoms with Gasteiger partial charge in [0.15, 0.2) is 0 Å². The van der Waals surface area contributed by atoms with Gasteiger partial charge in [-0.1, -0.05) is 50.5 Å². The molecular weight excluding hydrogens is 667 g/mol. The Morgan fingerprint density at radius 1 is 0.959 bits per heavy atom. The van der Waals surface area contributed by atoms with Crippen LogP contribution in [-0.2, 0) is 23.9 Å². The first-order valence-corrected chi connectivity index (χ1v) is 17.0. The Morgan fingerprint density at radius 2 is 1.57 bits per heavy atom. The summed E-state index contributed by atoms with van der Waals surface area (Å²) in [5, 5.41) is 14.1. The van der Waals surface area contributed by atoms with E-state index in [1.54, 1.807) is 0 Å². The van der Waals surface area contributed by atoms with Crippen LogP contribution in [0.5, 0.6) is 5.88 Å². The van der Waals surface area contributed by atoms with E-state index in [9.17, 15) is 22.8 Å². The summed E-state index contributed by atoms with van der Waals surface area (Å²) >= 11 is 1.17. The van der Waals surface area contributed by atoms with Crippen molar-refractivity contribution in [1.82, 2.24) is 8.75 Å². The lowest BCUT2D eigenvalue weighted by molar-refractivity contribution is -0.953. The number of ether oxygens (including phenoxy) is 3. The Kier molecular flexibility index (Phi) is 19.1. The largest absolute Gasteiger partial charge is 0.490 e. The van der Waals surface area contributed by atoms with Gasteiger partial charge in [0.25, 0.3) is 12.1 Å². The lowest BCUT2D eigenvalue weighted by Gasteiger charge is -2.42. The predicted octanol–water partition coefficient (Wildman–Crippen LogP) is 7.12. The highest BCUT2D eigenvalue weighted by Crippen LogP contribution is 2.37. The number of carboxylic acids is 1. The third kappa shape index (κ3) is 16.6. The number of aliphatic hydroxyl groups excluding tert-OH is 1. The van der Waals surface area contributed by atoms with Crippen LogP contribution >= 0.6 is 11.7 Å². The van der Waals surface area contributed by atoms with Gasteiger partial charge >= 0.3 is 24.1 Å². The van der Waals surface area contributed by atoms with Gasteiger partial charge in [-0.15, -0.1) is 4.37 Å². The van der Waals surface area contributed by atoms with Gasteiger partial charge in [-0.3, -0.25) is 14.1 Å². The number of benzene rings is 1. The lowest BCUT2D eigenvalue weighted by Crippen LogP contribution is -2.51. The summed E-state index contributed by atoms with van der Waals surface area (Å²) in [5.41, 5.74) is 2.32. The summed E-state index contributed by atoms with van der Waals surface area (Å²) in [7, 11) is 3.13. The Morgan fingerprint density at radius 3 is 2.14 bits per heavy atom. The second kappa shape index (κ2) is 21.5. The molecule has 2 N–H and O–H groups in total. The highest BCUT2D eigenvalue weighted by Gasteiger charge is 2.41. The van der Waals surface area contributed by atoms with Crippen LogP contribution in [-0.4, -0.2) is 87.0 Å². The first kappa shape index (κ1) is 43.5. The Bertz CT molecular complexity index is 1320. The number of nitrogens with zero attached hydrogens (tertiary/aromatic N) is 3. The molecule has 1 aromatic heterocycles. The average Bonchev–Trinajstić information content (AvgIpc) is 3.51. The number of alkyl halides is 3. The number of carboxylic acid groups (broad SMARTS) is 1. The smallest absolute Gasteiger partial charge is 0.475 e. The molecule has 0 aliphatic carbocycles. The fourth-order valence-corrected chi connectivity index (χ4v) is 5.43. The minimum absolute atomic E-state index is 0.241. The number of aromatic nitrogens is 2. The summed E-state index contributed by atoms with van der Waals surface area (Å²) < 4.78 is 58.8. The Balaban J connectivity index is 0.00000118. The monoisotopic (exact) mass is 718 g/mol. The minimum Gasteiger partial charge on any atom is -0.475 e. The van der Waals surface area contributed by atoms with Crippen LogP contribution in [0.25, 0.3) is 5.57 Å². The number of quaternary nitrogens is 1. The first-order valence-electron chi connectivity index (χ1n) is 16.3. The molecule has 1 aliphatic heterocycles. The molecule has 2 unspecified atom stereocenters. The molecular formula is C34H51F3N3O8S+. The minimum atomic E-state index is -5.08. The standard InChI is InChI=1S/C31H46N3O5S.C2HF3O2.CH4O/c1-6-7-8-14-22-37-29-28(32-40-33-29)25-18-15-21-34(5,23-25)30(24-16-10-9-11-17-24)38-26(35)19-12-13-20-27(36)39-31(2,3)4;3-2(4,5)1(6)7;1-2/h9-11,16-18,30H,6-8,12-15,19-23H2,1-5H3;(H,6,7);2H,1H3/q+1;;. The SMILES string of the molecule is CCCCCCOc1nsnc1C1=CCC[N+](C)(C(OC(=O)CCCCC(=O)OC(C)(C)C)c2ccccc2)C1.CO.O=C(O)C(F)(F)F. The molecule has 3 rings (SSSR count). The Labute approximate surface area is 291 Å². The third-order valence-electron chi connectivity index (χ3n) is 7.13. The van der Waals surface area contributed by atoms with Crippen molar-refractivity contribution < 1.29 is 56.5 Å². The molecule has 1 aromatic carbocycles. The van der Waals surface area contributed by atoms with Gasteiger partial charge in [0.1, 0.15) is 17.8 Å². The van der Waals surface area contributed by atoms with Crippen molar-refractivity contribution in [3.8, 4) is 5.88 Å². The number of aliphatic carboxylic acids is 1. The maximum Gasteiger partial charge on any atom is 0.490 e. The van der Waals surface area contributed by atoms with Gasteiger partial charge in [-0.2, -0.15) is 17.5 Å². The molecule has 49 heavy (non-hydrogen) atoms. The van der Waals surface area contributed by atoms with Gasteiger partial charge < -0.3 is 24.4 Å². The average molecular weight is 719 g/mol. The molecule has 2 atom stereocenters. The molecule has 15 heteroatoms. The highest BCUT2D eigenvalue weighted by atomic mass is 32.1. The highest BCUT2D eigenvalue weighted by molar-refractivity contribution is 6.99. The van der Waals surface area contributed by atoms with Gasteiger partial charge in [0.05, 0.1) is 37.5 Å². The second-order valence-corrected chi connectivity index (χ2v) is 13.1. The third-order valence-corrected chi connectivity index (χ3v) is 7.64. The molecule has 0 spiro atoms. The molecule has 0 amide bonds. The zero-order valence-corrected chi connectivity index (χ0v) is 30.1. The van der Waals surface area contributed by atoms with Crippen molar-refractivity contribution in [2.24, 2.45) is 0 Å². The van der Waals surface area contributed by atoms with Crippen molar-refractivity contribution in [3.05, 3.63) is 47.7 Å². The number of carbonyl (C=O) groups excluding carboxylic acids is 2. The van der Waals surface area contributed by atoms with Gasteiger partial charge in [-0.25, -0.2) is 4.79 Å². The van der Waals surface area contributed by atoms with Gasteiger partial charge in [0, 0.05) is 31.9 Å². The van der Waals surface area contributed by atoms with E-state index < -0.39 is 24.0 Å². The van der Waals surface area contributed by atoms with E-state index in [1.807, 2.05) is 51.1 Å². The predicted molar refractivity (Wildman–Crippen MR) is 179 cm³/mol. The summed E-state index contributed by atoms with van der Waals surface area (Å²) in [5.74, 6) is -2.67. The van der Waals surface area contributed by atoms with Crippen LogP contribution in [0.15, 0.2) is 36.4 Å². The van der Waals surface area contributed by atoms with Crippen molar-refractivity contribution in [1.29, 1.82) is 0 Å². The molecule has 2 heterocycles. The summed E-state index contributed by atoms with van der Waals surface area (Å²) in [6, 6.07) is 9.93. The van der Waals surface area contributed by atoms with Crippen LogP contribution in [0, 0.1) is 0 Å². The fourth-order valence-electron chi connectivity index (χ4n) is 4.89. The van der Waals surface area contributed by atoms with Crippen LogP contribution in [0.2, 0.25) is 0 Å². The number of halogens is 3. The van der Waals surface area contributed by atoms with Crippen LogP contribution < -0.4 is 4.74 Å². The number of carbonyl (C=O) groups is 3. The topological polar surface area (TPSA) is 145 Å². The molecule has 0 radical (unpaired) electrons. The van der Waals surface area contributed by atoms with E-state index in [4.69, 9.17) is 29.2 Å². The fraction of sp³-hybridized carbons (Fsp3) is 0.618. The number of hydrogen-bond donors (Lipinski definition) is 2. The normalized spacial score (nSPS) is 16.5. The molecule has 11 nitrogen and oxygen atoms in total. The van der Waals surface area contributed by atoms with E-state index in [2.05, 4.69) is 28.8 Å². The molecule has 0 saturated heterocycles. The maximum absolute atomic E-state index is 13.0. The maximum atomic E-state index is 13.0. The van der Waals surface area contributed by atoms with Crippen molar-refractivity contribution in [2.75, 3.05) is 33.9 Å². The van der Waals surface area contributed by atoms with Crippen molar-refractivity contribution >= 4 is 35.2 Å². The number of unbranched alkanes of at least 4 members (excludes halogenated alkanes) is 4.